The molecule has 1 aromatic carbocycles. The van der Waals surface area contributed by atoms with E-state index in [0.717, 1.165) is 16.6 Å². The number of nitrogens with zero attached hydrogens (tertiary/aromatic N) is 1. The van der Waals surface area contributed by atoms with E-state index in [2.05, 4.69) is 10.3 Å². The number of nitrogens with one attached hydrogen (secondary N) is 1. The standard InChI is InChI=1S/C14H15ClN2O2/c1-19-7-6-16-14(18)9-12-5-3-10-2-4-11(15)8-13(10)17-12/h2-5,8H,6-7,9H2,1H3,(H,16,18). The molecule has 0 saturated carbocycles. The van der Waals surface area contributed by atoms with Gasteiger partial charge in [0.05, 0.1) is 24.2 Å². The van der Waals surface area contributed by atoms with E-state index in [1.165, 1.54) is 0 Å². The van der Waals surface area contributed by atoms with Gasteiger partial charge in [-0.2, -0.15) is 0 Å². The number of pyridine rings is 1. The smallest absolute Gasteiger partial charge is 0.226 e. The molecule has 2 aromatic rings. The van der Waals surface area contributed by atoms with Crippen molar-refractivity contribution < 1.29 is 9.53 Å². The van der Waals surface area contributed by atoms with E-state index in [9.17, 15) is 4.79 Å². The molecule has 0 aliphatic carbocycles. The summed E-state index contributed by atoms with van der Waals surface area (Å²) in [5, 5.41) is 4.41. The lowest BCUT2D eigenvalue weighted by molar-refractivity contribution is -0.120. The highest BCUT2D eigenvalue weighted by molar-refractivity contribution is 6.31. The Kier molecular flexibility index (Phi) is 4.71. The maximum atomic E-state index is 11.7. The molecule has 1 N–H and O–H groups in total. The molecule has 0 atom stereocenters. The molecule has 0 spiro atoms. The Labute approximate surface area is 116 Å². The summed E-state index contributed by atoms with van der Waals surface area (Å²) in [6, 6.07) is 9.32. The molecule has 0 radical (unpaired) electrons. The Morgan fingerprint density at radius 2 is 2.16 bits per heavy atom. The summed E-state index contributed by atoms with van der Waals surface area (Å²) in [4.78, 5) is 16.1. The van der Waals surface area contributed by atoms with Gasteiger partial charge in [0.15, 0.2) is 0 Å². The van der Waals surface area contributed by atoms with Gasteiger partial charge in [-0.15, -0.1) is 0 Å². The summed E-state index contributed by atoms with van der Waals surface area (Å²) in [5.41, 5.74) is 1.53. The predicted octanol–water partition coefficient (Wildman–Crippen LogP) is 2.19. The van der Waals surface area contributed by atoms with Crippen molar-refractivity contribution in [2.45, 2.75) is 6.42 Å². The maximum absolute atomic E-state index is 11.7. The topological polar surface area (TPSA) is 51.2 Å². The third kappa shape index (κ3) is 3.91. The Balaban J connectivity index is 2.06. The highest BCUT2D eigenvalue weighted by atomic mass is 35.5. The molecule has 0 unspecified atom stereocenters. The van der Waals surface area contributed by atoms with Crippen LogP contribution >= 0.6 is 11.6 Å². The zero-order chi connectivity index (χ0) is 13.7. The number of carbonyl (C=O) groups is 1. The van der Waals surface area contributed by atoms with Crippen LogP contribution in [0.4, 0.5) is 0 Å². The molecule has 2 rings (SSSR count). The largest absolute Gasteiger partial charge is 0.383 e. The molecular weight excluding hydrogens is 264 g/mol. The van der Waals surface area contributed by atoms with Gasteiger partial charge in [0, 0.05) is 24.1 Å². The first-order valence-corrected chi connectivity index (χ1v) is 6.37. The molecule has 0 aliphatic rings. The van der Waals surface area contributed by atoms with Gasteiger partial charge in [0.2, 0.25) is 5.91 Å². The van der Waals surface area contributed by atoms with Crippen molar-refractivity contribution in [1.82, 2.24) is 10.3 Å². The Morgan fingerprint density at radius 3 is 2.95 bits per heavy atom. The lowest BCUT2D eigenvalue weighted by Gasteiger charge is -2.05. The van der Waals surface area contributed by atoms with E-state index in [0.29, 0.717) is 18.2 Å². The summed E-state index contributed by atoms with van der Waals surface area (Å²) in [6.07, 6.45) is 0.256. The van der Waals surface area contributed by atoms with Crippen LogP contribution in [-0.4, -0.2) is 31.2 Å². The van der Waals surface area contributed by atoms with E-state index < -0.39 is 0 Å². The predicted molar refractivity (Wildman–Crippen MR) is 75.3 cm³/mol. The molecule has 100 valence electrons. The van der Waals surface area contributed by atoms with Gasteiger partial charge in [-0.3, -0.25) is 9.78 Å². The molecule has 4 nitrogen and oxygen atoms in total. The van der Waals surface area contributed by atoms with E-state index in [4.69, 9.17) is 16.3 Å². The summed E-state index contributed by atoms with van der Waals surface area (Å²) >= 11 is 5.93. The quantitative estimate of drug-likeness (QED) is 0.853. The molecule has 0 saturated heterocycles. The third-order valence-corrected chi connectivity index (χ3v) is 2.92. The van der Waals surface area contributed by atoms with Crippen LogP contribution in [0, 0.1) is 0 Å². The van der Waals surface area contributed by atoms with Crippen LogP contribution < -0.4 is 5.32 Å². The normalized spacial score (nSPS) is 10.6. The second-order valence-electron chi connectivity index (χ2n) is 4.16. The molecule has 5 heteroatoms. The fraction of sp³-hybridized carbons (Fsp3) is 0.286. The molecule has 0 fully saturated rings. The van der Waals surface area contributed by atoms with Crippen LogP contribution in [-0.2, 0) is 16.0 Å². The number of hydrogen-bond acceptors (Lipinski definition) is 3. The van der Waals surface area contributed by atoms with Gasteiger partial charge in [0.1, 0.15) is 0 Å². The highest BCUT2D eigenvalue weighted by Crippen LogP contribution is 2.18. The number of halogens is 1. The monoisotopic (exact) mass is 278 g/mol. The van der Waals surface area contributed by atoms with E-state index in [-0.39, 0.29) is 12.3 Å². The number of methoxy groups -OCH3 is 1. The fourth-order valence-corrected chi connectivity index (χ4v) is 1.92. The third-order valence-electron chi connectivity index (χ3n) is 2.68. The lowest BCUT2D eigenvalue weighted by atomic mass is 10.2. The average Bonchev–Trinajstić information content (AvgIpc) is 2.38. The molecule has 0 aliphatic heterocycles. The zero-order valence-corrected chi connectivity index (χ0v) is 11.4. The van der Waals surface area contributed by atoms with Gasteiger partial charge in [-0.25, -0.2) is 0 Å². The number of ether oxygens (including phenoxy) is 1. The van der Waals surface area contributed by atoms with Crippen LogP contribution in [0.3, 0.4) is 0 Å². The van der Waals surface area contributed by atoms with Gasteiger partial charge in [-0.05, 0) is 18.2 Å². The first-order valence-electron chi connectivity index (χ1n) is 6.00. The lowest BCUT2D eigenvalue weighted by Crippen LogP contribution is -2.28. The van der Waals surface area contributed by atoms with Crippen molar-refractivity contribution in [2.24, 2.45) is 0 Å². The minimum Gasteiger partial charge on any atom is -0.383 e. The summed E-state index contributed by atoms with van der Waals surface area (Å²) in [5.74, 6) is -0.0640. The minimum atomic E-state index is -0.0640. The van der Waals surface area contributed by atoms with Crippen molar-refractivity contribution in [3.63, 3.8) is 0 Å². The summed E-state index contributed by atoms with van der Waals surface area (Å²) in [7, 11) is 1.60. The number of carbonyl (C=O) groups excluding carboxylic acids is 1. The van der Waals surface area contributed by atoms with Crippen LogP contribution in [0.5, 0.6) is 0 Å². The van der Waals surface area contributed by atoms with E-state index in [1.807, 2.05) is 24.3 Å². The second kappa shape index (κ2) is 6.50. The Bertz CT molecular complexity index is 587. The zero-order valence-electron chi connectivity index (χ0n) is 10.6. The molecule has 19 heavy (non-hydrogen) atoms. The van der Waals surface area contributed by atoms with Crippen LogP contribution in [0.15, 0.2) is 30.3 Å². The number of amides is 1. The number of rotatable bonds is 5. The first kappa shape index (κ1) is 13.8. The van der Waals surface area contributed by atoms with Crippen molar-refractivity contribution in [2.75, 3.05) is 20.3 Å². The average molecular weight is 279 g/mol. The fourth-order valence-electron chi connectivity index (χ4n) is 1.75. The van der Waals surface area contributed by atoms with Crippen molar-refractivity contribution >= 4 is 28.4 Å². The first-order chi connectivity index (χ1) is 9.19. The van der Waals surface area contributed by atoms with Gasteiger partial charge in [0.25, 0.3) is 0 Å². The van der Waals surface area contributed by atoms with Crippen molar-refractivity contribution in [3.8, 4) is 0 Å². The van der Waals surface area contributed by atoms with Gasteiger partial charge < -0.3 is 10.1 Å². The SMILES string of the molecule is COCCNC(=O)Cc1ccc2ccc(Cl)cc2n1. The van der Waals surface area contributed by atoms with Crippen LogP contribution in [0.2, 0.25) is 5.02 Å². The maximum Gasteiger partial charge on any atom is 0.226 e. The molecule has 0 bridgehead atoms. The van der Waals surface area contributed by atoms with E-state index >= 15 is 0 Å². The Morgan fingerprint density at radius 1 is 1.37 bits per heavy atom. The molecular formula is C14H15ClN2O2. The van der Waals surface area contributed by atoms with Gasteiger partial charge in [-0.1, -0.05) is 23.7 Å². The molecule has 1 heterocycles. The molecule has 1 aromatic heterocycles. The highest BCUT2D eigenvalue weighted by Gasteiger charge is 2.05. The second-order valence-corrected chi connectivity index (χ2v) is 4.60. The number of benzene rings is 1. The van der Waals surface area contributed by atoms with Crippen molar-refractivity contribution in [3.05, 3.63) is 41.0 Å². The Hall–Kier alpha value is -1.65. The van der Waals surface area contributed by atoms with Crippen LogP contribution in [0.1, 0.15) is 5.69 Å². The number of fused-ring (bicyclic) bond motifs is 1. The van der Waals surface area contributed by atoms with Crippen LogP contribution in [0.25, 0.3) is 10.9 Å². The van der Waals surface area contributed by atoms with Crippen molar-refractivity contribution in [1.29, 1.82) is 0 Å². The number of hydrogen-bond donors (Lipinski definition) is 1. The van der Waals surface area contributed by atoms with Gasteiger partial charge >= 0.3 is 0 Å². The minimum absolute atomic E-state index is 0.0640. The number of aromatic nitrogens is 1. The summed E-state index contributed by atoms with van der Waals surface area (Å²) < 4.78 is 4.87. The van der Waals surface area contributed by atoms with E-state index in [1.54, 1.807) is 13.2 Å². The summed E-state index contributed by atoms with van der Waals surface area (Å²) in [6.45, 7) is 1.02. The molecule has 1 amide bonds.